The van der Waals surface area contributed by atoms with E-state index in [0.29, 0.717) is 13.1 Å². The quantitative estimate of drug-likeness (QED) is 0.786. The zero-order chi connectivity index (χ0) is 15.9. The number of thiazole rings is 1. The number of carbonyl (C=O) groups is 1. The van der Waals surface area contributed by atoms with Crippen molar-refractivity contribution in [1.82, 2.24) is 15.2 Å². The van der Waals surface area contributed by atoms with Crippen LogP contribution in [0, 0.1) is 6.92 Å². The number of hydrogen-bond donors (Lipinski definition) is 1. The summed E-state index contributed by atoms with van der Waals surface area (Å²) in [5.74, 6) is 0. The monoisotopic (exact) mass is 313 g/mol. The van der Waals surface area contributed by atoms with Crippen LogP contribution in [-0.2, 0) is 11.3 Å². The molecule has 0 radical (unpaired) electrons. The van der Waals surface area contributed by atoms with Crippen LogP contribution < -0.4 is 5.32 Å². The molecule has 1 rings (SSSR count). The van der Waals surface area contributed by atoms with Crippen LogP contribution in [0.4, 0.5) is 4.79 Å². The number of amides is 1. The Morgan fingerprint density at radius 1 is 1.43 bits per heavy atom. The number of nitrogens with zero attached hydrogens (tertiary/aromatic N) is 2. The summed E-state index contributed by atoms with van der Waals surface area (Å²) >= 11 is 1.65. The smallest absolute Gasteiger partial charge is 0.410 e. The average Bonchev–Trinajstić information content (AvgIpc) is 2.77. The van der Waals surface area contributed by atoms with Gasteiger partial charge in [-0.2, -0.15) is 0 Å². The van der Waals surface area contributed by atoms with Crippen molar-refractivity contribution in [3.8, 4) is 0 Å². The highest BCUT2D eigenvalue weighted by Gasteiger charge is 2.21. The van der Waals surface area contributed by atoms with Crippen molar-refractivity contribution < 1.29 is 9.53 Å². The van der Waals surface area contributed by atoms with Gasteiger partial charge < -0.3 is 15.0 Å². The van der Waals surface area contributed by atoms with Crippen LogP contribution in [-0.4, -0.2) is 41.2 Å². The molecule has 0 atom stereocenters. The first kappa shape index (κ1) is 17.9. The molecule has 0 aliphatic carbocycles. The fraction of sp³-hybridized carbons (Fsp3) is 0.733. The zero-order valence-electron chi connectivity index (χ0n) is 13.7. The lowest BCUT2D eigenvalue weighted by molar-refractivity contribution is 0.0252. The second-order valence-electron chi connectivity index (χ2n) is 6.00. The molecule has 0 saturated carbocycles. The molecule has 0 spiro atoms. The van der Waals surface area contributed by atoms with Crippen molar-refractivity contribution in [3.05, 3.63) is 16.1 Å². The van der Waals surface area contributed by atoms with E-state index < -0.39 is 5.60 Å². The normalized spacial score (nSPS) is 11.5. The summed E-state index contributed by atoms with van der Waals surface area (Å²) in [6.07, 6.45) is 0.681. The molecule has 0 unspecified atom stereocenters. The molecule has 0 aliphatic heterocycles. The predicted molar refractivity (Wildman–Crippen MR) is 86.7 cm³/mol. The van der Waals surface area contributed by atoms with E-state index in [1.165, 1.54) is 0 Å². The third kappa shape index (κ3) is 7.43. The van der Waals surface area contributed by atoms with E-state index in [2.05, 4.69) is 22.6 Å². The van der Waals surface area contributed by atoms with Gasteiger partial charge in [-0.25, -0.2) is 9.78 Å². The topological polar surface area (TPSA) is 54.5 Å². The predicted octanol–water partition coefficient (Wildman–Crippen LogP) is 3.19. The van der Waals surface area contributed by atoms with E-state index >= 15 is 0 Å². The highest BCUT2D eigenvalue weighted by atomic mass is 32.1. The van der Waals surface area contributed by atoms with Crippen molar-refractivity contribution in [2.45, 2.75) is 53.2 Å². The first-order valence-electron chi connectivity index (χ1n) is 7.41. The van der Waals surface area contributed by atoms with Gasteiger partial charge in [0.15, 0.2) is 0 Å². The molecule has 1 amide bonds. The fourth-order valence-corrected chi connectivity index (χ4v) is 2.42. The van der Waals surface area contributed by atoms with Crippen LogP contribution >= 0.6 is 11.3 Å². The van der Waals surface area contributed by atoms with Crippen LogP contribution in [0.5, 0.6) is 0 Å². The molecule has 1 N–H and O–H groups in total. The second-order valence-corrected chi connectivity index (χ2v) is 7.06. The van der Waals surface area contributed by atoms with E-state index in [4.69, 9.17) is 4.74 Å². The van der Waals surface area contributed by atoms with Crippen molar-refractivity contribution >= 4 is 17.4 Å². The molecule has 120 valence electrons. The molecule has 21 heavy (non-hydrogen) atoms. The molecule has 1 heterocycles. The van der Waals surface area contributed by atoms with Gasteiger partial charge in [0.25, 0.3) is 0 Å². The number of hydrogen-bond acceptors (Lipinski definition) is 5. The summed E-state index contributed by atoms with van der Waals surface area (Å²) < 4.78 is 5.42. The van der Waals surface area contributed by atoms with Crippen LogP contribution in [0.1, 0.15) is 44.8 Å². The lowest BCUT2D eigenvalue weighted by atomic mass is 10.2. The maximum atomic E-state index is 12.1. The van der Waals surface area contributed by atoms with Gasteiger partial charge in [0, 0.05) is 31.6 Å². The van der Waals surface area contributed by atoms with Gasteiger partial charge in [-0.3, -0.25) is 0 Å². The molecule has 0 saturated heterocycles. The van der Waals surface area contributed by atoms with Crippen molar-refractivity contribution in [3.63, 3.8) is 0 Å². The lowest BCUT2D eigenvalue weighted by Crippen LogP contribution is -2.40. The summed E-state index contributed by atoms with van der Waals surface area (Å²) in [6, 6.07) is 0. The molecule has 1 aromatic rings. The Bertz CT molecular complexity index is 440. The number of carbonyl (C=O) groups excluding carboxylic acids is 1. The maximum Gasteiger partial charge on any atom is 0.410 e. The summed E-state index contributed by atoms with van der Waals surface area (Å²) in [6.45, 7) is 12.5. The molecule has 1 aromatic heterocycles. The van der Waals surface area contributed by atoms with Gasteiger partial charge in [0.05, 0.1) is 10.7 Å². The van der Waals surface area contributed by atoms with Crippen molar-refractivity contribution in [2.75, 3.05) is 19.6 Å². The number of aryl methyl sites for hydroxylation is 1. The number of aromatic nitrogens is 1. The van der Waals surface area contributed by atoms with E-state index in [1.54, 1.807) is 16.2 Å². The van der Waals surface area contributed by atoms with E-state index in [-0.39, 0.29) is 6.09 Å². The van der Waals surface area contributed by atoms with E-state index in [1.807, 2.05) is 27.7 Å². The van der Waals surface area contributed by atoms with Crippen LogP contribution in [0.2, 0.25) is 0 Å². The van der Waals surface area contributed by atoms with Crippen LogP contribution in [0.25, 0.3) is 0 Å². The summed E-state index contributed by atoms with van der Waals surface area (Å²) in [4.78, 5) is 18.2. The van der Waals surface area contributed by atoms with Crippen molar-refractivity contribution in [2.24, 2.45) is 0 Å². The highest BCUT2D eigenvalue weighted by molar-refractivity contribution is 7.09. The summed E-state index contributed by atoms with van der Waals surface area (Å²) in [7, 11) is 0. The van der Waals surface area contributed by atoms with Gasteiger partial charge >= 0.3 is 6.09 Å². The molecular formula is C15H27N3O2S. The number of nitrogens with one attached hydrogen (secondary N) is 1. The molecule has 0 bridgehead atoms. The molecular weight excluding hydrogens is 286 g/mol. The molecule has 0 fully saturated rings. The largest absolute Gasteiger partial charge is 0.444 e. The summed E-state index contributed by atoms with van der Waals surface area (Å²) in [5.41, 5.74) is 0.603. The average molecular weight is 313 g/mol. The second kappa shape index (κ2) is 8.34. The minimum absolute atomic E-state index is 0.240. The molecule has 0 aliphatic rings. The van der Waals surface area contributed by atoms with Crippen LogP contribution in [0.3, 0.4) is 0 Å². The summed E-state index contributed by atoms with van der Waals surface area (Å²) in [5, 5.41) is 6.45. The standard InChI is InChI=1S/C15H27N3O2S/c1-6-8-18(14(19)20-15(3,4)5)9-7-16-10-13-11-21-12(2)17-13/h11,16H,6-10H2,1-5H3. The lowest BCUT2D eigenvalue weighted by Gasteiger charge is -2.27. The minimum Gasteiger partial charge on any atom is -0.444 e. The van der Waals surface area contributed by atoms with Crippen LogP contribution in [0.15, 0.2) is 5.38 Å². The number of ether oxygens (including phenoxy) is 1. The molecule has 6 heteroatoms. The Kier molecular flexibility index (Phi) is 7.11. The molecule has 5 nitrogen and oxygen atoms in total. The first-order valence-corrected chi connectivity index (χ1v) is 8.29. The number of rotatable bonds is 7. The third-order valence-electron chi connectivity index (χ3n) is 2.68. The van der Waals surface area contributed by atoms with Gasteiger partial charge in [-0.05, 0) is 34.1 Å². The van der Waals surface area contributed by atoms with Gasteiger partial charge in [-0.15, -0.1) is 11.3 Å². The Balaban J connectivity index is 2.35. The Morgan fingerprint density at radius 2 is 2.14 bits per heavy atom. The third-order valence-corrected chi connectivity index (χ3v) is 3.50. The Morgan fingerprint density at radius 3 is 2.67 bits per heavy atom. The first-order chi connectivity index (χ1) is 9.81. The van der Waals surface area contributed by atoms with Gasteiger partial charge in [0.2, 0.25) is 0 Å². The van der Waals surface area contributed by atoms with Gasteiger partial charge in [-0.1, -0.05) is 6.92 Å². The van der Waals surface area contributed by atoms with E-state index in [0.717, 1.165) is 30.2 Å². The SMILES string of the molecule is CCCN(CCNCc1csc(C)n1)C(=O)OC(C)(C)C. The highest BCUT2D eigenvalue weighted by Crippen LogP contribution is 2.10. The zero-order valence-corrected chi connectivity index (χ0v) is 14.5. The Hall–Kier alpha value is -1.14. The maximum absolute atomic E-state index is 12.1. The fourth-order valence-electron chi connectivity index (χ4n) is 1.81. The Labute approximate surface area is 131 Å². The van der Waals surface area contributed by atoms with Crippen molar-refractivity contribution in [1.29, 1.82) is 0 Å². The van der Waals surface area contributed by atoms with Gasteiger partial charge in [0.1, 0.15) is 5.60 Å². The van der Waals surface area contributed by atoms with E-state index in [9.17, 15) is 4.79 Å². The minimum atomic E-state index is -0.450. The molecule has 0 aromatic carbocycles.